The first-order valence-electron chi connectivity index (χ1n) is 14.9. The normalized spacial score (nSPS) is 20.2. The lowest BCUT2D eigenvalue weighted by Gasteiger charge is -2.43. The van der Waals surface area contributed by atoms with Gasteiger partial charge < -0.3 is 19.9 Å². The third-order valence-corrected chi connectivity index (χ3v) is 8.95. The summed E-state index contributed by atoms with van der Waals surface area (Å²) in [6.45, 7) is 2.33. The Morgan fingerprint density at radius 1 is 0.976 bits per heavy atom. The molecular formula is C33H38N4O4. The van der Waals surface area contributed by atoms with E-state index in [1.54, 1.807) is 17.0 Å². The molecule has 2 fully saturated rings. The van der Waals surface area contributed by atoms with Crippen molar-refractivity contribution in [1.82, 2.24) is 20.1 Å². The zero-order chi connectivity index (χ0) is 28.4. The van der Waals surface area contributed by atoms with Crippen LogP contribution in [-0.2, 0) is 4.79 Å². The van der Waals surface area contributed by atoms with Gasteiger partial charge in [-0.1, -0.05) is 36.8 Å². The van der Waals surface area contributed by atoms with Crippen LogP contribution in [0.25, 0.3) is 10.9 Å². The number of aromatic nitrogens is 1. The number of hydrogen-bond acceptors (Lipinski definition) is 5. The highest BCUT2D eigenvalue weighted by atomic mass is 16.5. The Hall–Kier alpha value is -3.94. The smallest absolute Gasteiger partial charge is 0.255 e. The number of ether oxygens (including phenoxy) is 1. The molecule has 0 unspecified atom stereocenters. The molecular weight excluding hydrogens is 516 g/mol. The first-order chi connectivity index (χ1) is 19.9. The molecule has 0 radical (unpaired) electrons. The first kappa shape index (κ1) is 27.2. The minimum absolute atomic E-state index is 0.0248. The molecule has 1 N–H and O–H groups in total. The van der Waals surface area contributed by atoms with Crippen molar-refractivity contribution in [2.75, 3.05) is 39.8 Å². The van der Waals surface area contributed by atoms with Gasteiger partial charge in [-0.3, -0.25) is 19.4 Å². The molecule has 3 aliphatic rings. The summed E-state index contributed by atoms with van der Waals surface area (Å²) in [5, 5.41) is 3.89. The molecule has 214 valence electrons. The van der Waals surface area contributed by atoms with Gasteiger partial charge in [0.15, 0.2) is 0 Å². The van der Waals surface area contributed by atoms with Gasteiger partial charge in [0.2, 0.25) is 5.91 Å². The van der Waals surface area contributed by atoms with Crippen molar-refractivity contribution in [3.05, 3.63) is 71.4 Å². The maximum Gasteiger partial charge on any atom is 0.255 e. The average molecular weight is 555 g/mol. The van der Waals surface area contributed by atoms with Crippen molar-refractivity contribution < 1.29 is 19.1 Å². The molecule has 3 amide bonds. The standard InChI is InChI=1S/C33H38N4O4/c1-36-20-21-41-29-11-5-3-9-25(29)30(38)34-17-7-6-14-33(32(36)40)15-18-37(19-16-33)31(39)26-22-28(23-12-13-23)35-27-10-4-2-8-24(26)27/h2-5,8-11,22-23H,6-7,12-21H2,1H3,(H,34,38). The number of likely N-dealkylation sites (tertiary alicyclic amines) is 1. The van der Waals surface area contributed by atoms with Crippen LogP contribution in [0.3, 0.4) is 0 Å². The molecule has 0 bridgehead atoms. The summed E-state index contributed by atoms with van der Waals surface area (Å²) in [5.74, 6) is 0.982. The van der Waals surface area contributed by atoms with Crippen molar-refractivity contribution in [2.45, 2.75) is 50.9 Å². The van der Waals surface area contributed by atoms with Crippen LogP contribution in [0.15, 0.2) is 54.6 Å². The van der Waals surface area contributed by atoms with Crippen molar-refractivity contribution in [2.24, 2.45) is 5.41 Å². The lowest BCUT2D eigenvalue weighted by molar-refractivity contribution is -0.144. The zero-order valence-corrected chi connectivity index (χ0v) is 23.7. The number of amides is 3. The molecule has 8 nitrogen and oxygen atoms in total. The molecule has 1 saturated carbocycles. The van der Waals surface area contributed by atoms with E-state index >= 15 is 0 Å². The first-order valence-corrected chi connectivity index (χ1v) is 14.9. The number of carbonyl (C=O) groups excluding carboxylic acids is 3. The van der Waals surface area contributed by atoms with Gasteiger partial charge in [0, 0.05) is 43.7 Å². The quantitative estimate of drug-likeness (QED) is 0.492. The number of nitrogens with zero attached hydrogens (tertiary/aromatic N) is 3. The van der Waals surface area contributed by atoms with E-state index in [0.29, 0.717) is 62.9 Å². The van der Waals surface area contributed by atoms with Crippen molar-refractivity contribution in [3.8, 4) is 5.75 Å². The van der Waals surface area contributed by atoms with Crippen LogP contribution in [0.5, 0.6) is 5.75 Å². The minimum atomic E-state index is -0.531. The third-order valence-electron chi connectivity index (χ3n) is 8.95. The van der Waals surface area contributed by atoms with E-state index in [0.717, 1.165) is 54.3 Å². The van der Waals surface area contributed by atoms with Crippen LogP contribution < -0.4 is 10.1 Å². The number of pyridine rings is 1. The fourth-order valence-corrected chi connectivity index (χ4v) is 6.30. The summed E-state index contributed by atoms with van der Waals surface area (Å²) in [7, 11) is 1.83. The van der Waals surface area contributed by atoms with E-state index < -0.39 is 5.41 Å². The van der Waals surface area contributed by atoms with Crippen molar-refractivity contribution >= 4 is 28.6 Å². The molecule has 1 aliphatic carbocycles. The number of likely N-dealkylation sites (N-methyl/N-ethyl adjacent to an activating group) is 1. The van der Waals surface area contributed by atoms with Gasteiger partial charge in [0.05, 0.1) is 28.6 Å². The molecule has 1 aromatic heterocycles. The predicted octanol–water partition coefficient (Wildman–Crippen LogP) is 4.79. The van der Waals surface area contributed by atoms with Crippen LogP contribution in [-0.4, -0.2) is 72.3 Å². The lowest BCUT2D eigenvalue weighted by Crippen LogP contribution is -2.51. The van der Waals surface area contributed by atoms with Crippen LogP contribution in [0.1, 0.15) is 77.3 Å². The average Bonchev–Trinajstić information content (AvgIpc) is 3.85. The number of nitrogens with one attached hydrogen (secondary N) is 1. The van der Waals surface area contributed by atoms with Gasteiger partial charge in [-0.2, -0.15) is 0 Å². The number of fused-ring (bicyclic) bond motifs is 2. The van der Waals surface area contributed by atoms with E-state index in [1.807, 2.05) is 54.4 Å². The Morgan fingerprint density at radius 3 is 2.54 bits per heavy atom. The topological polar surface area (TPSA) is 91.8 Å². The second-order valence-electron chi connectivity index (χ2n) is 11.7. The van der Waals surface area contributed by atoms with Crippen LogP contribution in [0, 0.1) is 5.41 Å². The van der Waals surface area contributed by atoms with Crippen LogP contribution >= 0.6 is 0 Å². The van der Waals surface area contributed by atoms with E-state index in [9.17, 15) is 14.4 Å². The number of para-hydroxylation sites is 2. The molecule has 0 atom stereocenters. The monoisotopic (exact) mass is 554 g/mol. The summed E-state index contributed by atoms with van der Waals surface area (Å²) in [4.78, 5) is 49.1. The van der Waals surface area contributed by atoms with Crippen LogP contribution in [0.4, 0.5) is 0 Å². The van der Waals surface area contributed by atoms with Gasteiger partial charge >= 0.3 is 0 Å². The van der Waals surface area contributed by atoms with E-state index in [4.69, 9.17) is 9.72 Å². The lowest BCUT2D eigenvalue weighted by atomic mass is 9.73. The molecule has 41 heavy (non-hydrogen) atoms. The number of carbonyl (C=O) groups is 3. The Kier molecular flexibility index (Phi) is 7.65. The van der Waals surface area contributed by atoms with Gasteiger partial charge in [0.25, 0.3) is 11.8 Å². The van der Waals surface area contributed by atoms with E-state index in [2.05, 4.69) is 5.32 Å². The van der Waals surface area contributed by atoms with E-state index in [-0.39, 0.29) is 17.7 Å². The highest BCUT2D eigenvalue weighted by Gasteiger charge is 2.43. The number of hydrogen-bond donors (Lipinski definition) is 1. The van der Waals surface area contributed by atoms with Gasteiger partial charge in [-0.15, -0.1) is 0 Å². The Morgan fingerprint density at radius 2 is 1.73 bits per heavy atom. The SMILES string of the molecule is CN1CCOc2ccccc2C(=O)NCCCCC2(CCN(C(=O)c3cc(C4CC4)nc4ccccc34)CC2)C1=O. The maximum atomic E-state index is 13.9. The second-order valence-corrected chi connectivity index (χ2v) is 11.7. The molecule has 8 heteroatoms. The summed E-state index contributed by atoms with van der Waals surface area (Å²) in [6, 6.07) is 17.1. The van der Waals surface area contributed by atoms with E-state index in [1.165, 1.54) is 0 Å². The highest BCUT2D eigenvalue weighted by Crippen LogP contribution is 2.41. The number of benzene rings is 2. The Balaban J connectivity index is 1.18. The minimum Gasteiger partial charge on any atom is -0.491 e. The molecule has 3 heterocycles. The van der Waals surface area contributed by atoms with Gasteiger partial charge in [-0.25, -0.2) is 0 Å². The largest absolute Gasteiger partial charge is 0.491 e. The van der Waals surface area contributed by atoms with Gasteiger partial charge in [-0.05, 0) is 62.8 Å². The molecule has 2 aromatic carbocycles. The highest BCUT2D eigenvalue weighted by molar-refractivity contribution is 6.06. The predicted molar refractivity (Wildman–Crippen MR) is 157 cm³/mol. The van der Waals surface area contributed by atoms with Crippen molar-refractivity contribution in [3.63, 3.8) is 0 Å². The molecule has 6 rings (SSSR count). The number of rotatable bonds is 2. The summed E-state index contributed by atoms with van der Waals surface area (Å²) in [5.41, 5.74) is 2.58. The maximum absolute atomic E-state index is 13.9. The molecule has 1 spiro atoms. The van der Waals surface area contributed by atoms with Gasteiger partial charge in [0.1, 0.15) is 12.4 Å². The molecule has 3 aromatic rings. The van der Waals surface area contributed by atoms with Crippen LogP contribution in [0.2, 0.25) is 0 Å². The summed E-state index contributed by atoms with van der Waals surface area (Å²) >= 11 is 0. The summed E-state index contributed by atoms with van der Waals surface area (Å²) < 4.78 is 5.95. The summed E-state index contributed by atoms with van der Waals surface area (Å²) in [6.07, 6.45) is 5.83. The zero-order valence-electron chi connectivity index (χ0n) is 23.7. The fraction of sp³-hybridized carbons (Fsp3) is 0.455. The second kappa shape index (κ2) is 11.5. The number of piperidine rings is 1. The third kappa shape index (κ3) is 5.65. The van der Waals surface area contributed by atoms with Crippen molar-refractivity contribution in [1.29, 1.82) is 0 Å². The Bertz CT molecular complexity index is 1460. The molecule has 2 aliphatic heterocycles. The fourth-order valence-electron chi connectivity index (χ4n) is 6.30. The molecule has 1 saturated heterocycles. The Labute approximate surface area is 241 Å².